The number of hydrogen-bond donors (Lipinski definition) is 1. The van der Waals surface area contributed by atoms with Crippen LogP contribution in [-0.4, -0.2) is 40.9 Å². The smallest absolute Gasteiger partial charge is 0.308 e. The van der Waals surface area contributed by atoms with Crippen LogP contribution in [0.15, 0.2) is 0 Å². The van der Waals surface area contributed by atoms with E-state index in [4.69, 9.17) is 0 Å². The minimum atomic E-state index is -3.65. The third-order valence-electron chi connectivity index (χ3n) is 4.45. The first-order valence-corrected chi connectivity index (χ1v) is 9.44. The van der Waals surface area contributed by atoms with E-state index in [1.807, 2.05) is 6.92 Å². The fourth-order valence-corrected chi connectivity index (χ4v) is 4.45. The topological polar surface area (TPSA) is 75.4 Å². The van der Waals surface area contributed by atoms with Crippen molar-refractivity contribution in [3.8, 4) is 0 Å². The van der Waals surface area contributed by atoms with Crippen LogP contribution < -0.4 is 0 Å². The lowest BCUT2D eigenvalue weighted by molar-refractivity contribution is 0.269. The molecule has 0 atom stereocenters. The van der Waals surface area contributed by atoms with Gasteiger partial charge in [0.25, 0.3) is 0 Å². The van der Waals surface area contributed by atoms with E-state index in [1.54, 1.807) is 0 Å². The Morgan fingerprint density at radius 3 is 2.41 bits per heavy atom. The summed E-state index contributed by atoms with van der Waals surface area (Å²) in [5, 5.41) is 9.54. The van der Waals surface area contributed by atoms with E-state index in [-0.39, 0.29) is 12.4 Å². The number of nitrogens with zero attached hydrogens (tertiary/aromatic N) is 3. The molecule has 7 heteroatoms. The minimum absolute atomic E-state index is 0.219. The van der Waals surface area contributed by atoms with E-state index in [1.165, 1.54) is 50.2 Å². The zero-order valence-electron chi connectivity index (χ0n) is 13.7. The minimum Gasteiger partial charge on any atom is -0.388 e. The van der Waals surface area contributed by atoms with Crippen molar-refractivity contribution in [1.82, 2.24) is 13.3 Å². The fourth-order valence-electron chi connectivity index (χ4n) is 3.25. The Morgan fingerprint density at radius 1 is 1.27 bits per heavy atom. The summed E-state index contributed by atoms with van der Waals surface area (Å²) in [4.78, 5) is 4.45. The Labute approximate surface area is 133 Å². The van der Waals surface area contributed by atoms with Gasteiger partial charge in [0.15, 0.2) is 0 Å². The van der Waals surface area contributed by atoms with Crippen LogP contribution in [-0.2, 0) is 29.7 Å². The summed E-state index contributed by atoms with van der Waals surface area (Å²) in [5.41, 5.74) is 1.55. The lowest BCUT2D eigenvalue weighted by atomic mass is 9.86. The fraction of sp³-hybridized carbons (Fsp3) is 0.800. The van der Waals surface area contributed by atoms with Crippen molar-refractivity contribution in [2.45, 2.75) is 58.5 Å². The van der Waals surface area contributed by atoms with Gasteiger partial charge < -0.3 is 5.11 Å². The zero-order valence-corrected chi connectivity index (χ0v) is 14.6. The molecule has 1 aromatic heterocycles. The highest BCUT2D eigenvalue weighted by atomic mass is 32.2. The first-order chi connectivity index (χ1) is 10.4. The van der Waals surface area contributed by atoms with Gasteiger partial charge >= 0.3 is 10.2 Å². The molecule has 2 rings (SSSR count). The molecule has 6 nitrogen and oxygen atoms in total. The van der Waals surface area contributed by atoms with E-state index in [9.17, 15) is 13.5 Å². The highest BCUT2D eigenvalue weighted by Gasteiger charge is 2.28. The van der Waals surface area contributed by atoms with Gasteiger partial charge in [-0.2, -0.15) is 12.7 Å². The highest BCUT2D eigenvalue weighted by molar-refractivity contribution is 7.87. The molecular formula is C15H27N3O3S. The van der Waals surface area contributed by atoms with Crippen LogP contribution in [0.5, 0.6) is 0 Å². The van der Waals surface area contributed by atoms with Crippen molar-refractivity contribution in [3.05, 3.63) is 17.2 Å². The summed E-state index contributed by atoms with van der Waals surface area (Å²) in [6.07, 6.45) is 7.55. The Hall–Kier alpha value is -0.920. The van der Waals surface area contributed by atoms with Crippen molar-refractivity contribution >= 4 is 10.2 Å². The molecular weight excluding hydrogens is 302 g/mol. The molecule has 126 valence electrons. The maximum atomic E-state index is 12.5. The summed E-state index contributed by atoms with van der Waals surface area (Å²) >= 11 is 0. The summed E-state index contributed by atoms with van der Waals surface area (Å²) in [7, 11) is -0.661. The average Bonchev–Trinajstić information content (AvgIpc) is 2.86. The van der Waals surface area contributed by atoms with Crippen molar-refractivity contribution in [1.29, 1.82) is 0 Å². The average molecular weight is 329 g/mol. The van der Waals surface area contributed by atoms with Gasteiger partial charge in [-0.05, 0) is 18.8 Å². The molecule has 1 aliphatic rings. The number of aliphatic hydroxyl groups excluding tert-OH is 1. The molecule has 1 fully saturated rings. The Morgan fingerprint density at radius 2 is 1.91 bits per heavy atom. The van der Waals surface area contributed by atoms with E-state index < -0.39 is 10.2 Å². The maximum absolute atomic E-state index is 12.5. The van der Waals surface area contributed by atoms with Gasteiger partial charge in [-0.25, -0.2) is 8.96 Å². The number of hydrogen-bond acceptors (Lipinski definition) is 4. The Balaban J connectivity index is 2.41. The normalized spacial score (nSPS) is 17.3. The summed E-state index contributed by atoms with van der Waals surface area (Å²) in [6, 6.07) is 0. The summed E-state index contributed by atoms with van der Waals surface area (Å²) in [5.74, 6) is 0.798. The third kappa shape index (κ3) is 3.36. The quantitative estimate of drug-likeness (QED) is 0.862. The molecule has 0 aromatic carbocycles. The molecule has 1 aliphatic carbocycles. The highest BCUT2D eigenvalue weighted by Crippen LogP contribution is 2.28. The first kappa shape index (κ1) is 17.4. The molecule has 22 heavy (non-hydrogen) atoms. The van der Waals surface area contributed by atoms with Crippen LogP contribution in [0.1, 0.15) is 56.2 Å². The van der Waals surface area contributed by atoms with Gasteiger partial charge in [-0.15, -0.1) is 0 Å². The predicted octanol–water partition coefficient (Wildman–Crippen LogP) is 1.72. The lowest BCUT2D eigenvalue weighted by Crippen LogP contribution is -2.31. The molecule has 0 bridgehead atoms. The van der Waals surface area contributed by atoms with Gasteiger partial charge in [-0.1, -0.05) is 39.0 Å². The molecule has 0 unspecified atom stereocenters. The van der Waals surface area contributed by atoms with E-state index >= 15 is 0 Å². The molecule has 0 radical (unpaired) electrons. The lowest BCUT2D eigenvalue weighted by Gasteiger charge is -2.21. The predicted molar refractivity (Wildman–Crippen MR) is 85.8 cm³/mol. The maximum Gasteiger partial charge on any atom is 0.308 e. The van der Waals surface area contributed by atoms with Crippen LogP contribution in [0.25, 0.3) is 0 Å². The molecule has 1 saturated carbocycles. The Kier molecular flexibility index (Phi) is 5.63. The van der Waals surface area contributed by atoms with Crippen molar-refractivity contribution < 1.29 is 13.5 Å². The molecule has 0 aliphatic heterocycles. The Bertz CT molecular complexity index is 602. The monoisotopic (exact) mass is 329 g/mol. The van der Waals surface area contributed by atoms with Crippen LogP contribution in [0, 0.1) is 5.92 Å². The number of aliphatic hydroxyl groups is 1. The second kappa shape index (κ2) is 7.10. The molecule has 1 heterocycles. The second-order valence-corrected chi connectivity index (χ2v) is 8.19. The van der Waals surface area contributed by atoms with Gasteiger partial charge in [-0.3, -0.25) is 0 Å². The molecule has 0 saturated heterocycles. The SMILES string of the molecule is CCc1c(CC2CCCCC2)nc(CO)n1S(=O)(=O)N(C)C. The van der Waals surface area contributed by atoms with E-state index in [2.05, 4.69) is 4.98 Å². The third-order valence-corrected chi connectivity index (χ3v) is 6.27. The van der Waals surface area contributed by atoms with Crippen molar-refractivity contribution in [2.75, 3.05) is 14.1 Å². The van der Waals surface area contributed by atoms with E-state index in [0.717, 1.165) is 16.4 Å². The molecule has 0 amide bonds. The van der Waals surface area contributed by atoms with Crippen LogP contribution in [0.4, 0.5) is 0 Å². The van der Waals surface area contributed by atoms with Crippen LogP contribution in [0.3, 0.4) is 0 Å². The molecule has 1 aromatic rings. The number of imidazole rings is 1. The van der Waals surface area contributed by atoms with Crippen molar-refractivity contribution in [3.63, 3.8) is 0 Å². The van der Waals surface area contributed by atoms with Gasteiger partial charge in [0.1, 0.15) is 12.4 Å². The van der Waals surface area contributed by atoms with Gasteiger partial charge in [0, 0.05) is 14.1 Å². The largest absolute Gasteiger partial charge is 0.388 e. The van der Waals surface area contributed by atoms with Crippen LogP contribution in [0.2, 0.25) is 0 Å². The standard InChI is InChI=1S/C15H27N3O3S/c1-4-14-13(10-12-8-6-5-7-9-12)16-15(11-19)18(14)22(20,21)17(2)3/h12,19H,4-11H2,1-3H3. The zero-order chi connectivity index (χ0) is 16.3. The summed E-state index contributed by atoms with van der Waals surface area (Å²) in [6.45, 7) is 1.56. The van der Waals surface area contributed by atoms with Gasteiger partial charge in [0.2, 0.25) is 0 Å². The van der Waals surface area contributed by atoms with E-state index in [0.29, 0.717) is 18.0 Å². The second-order valence-electron chi connectivity index (χ2n) is 6.20. The number of rotatable bonds is 6. The summed E-state index contributed by atoms with van der Waals surface area (Å²) < 4.78 is 27.5. The molecule has 1 N–H and O–H groups in total. The number of aromatic nitrogens is 2. The van der Waals surface area contributed by atoms with Crippen molar-refractivity contribution in [2.24, 2.45) is 5.92 Å². The van der Waals surface area contributed by atoms with Crippen LogP contribution >= 0.6 is 0 Å². The first-order valence-electron chi connectivity index (χ1n) is 8.05. The molecule has 0 spiro atoms. The van der Waals surface area contributed by atoms with Gasteiger partial charge in [0.05, 0.1) is 11.4 Å².